The molecule has 3 N–H and O–H groups in total. The average molecular weight is 498 g/mol. The van der Waals surface area contributed by atoms with E-state index in [-0.39, 0.29) is 34.9 Å². The smallest absolute Gasteiger partial charge is 0.353 e. The number of nitrogens with zero attached hydrogens (tertiary/aromatic N) is 2. The van der Waals surface area contributed by atoms with Gasteiger partial charge in [0.05, 0.1) is 6.04 Å². The van der Waals surface area contributed by atoms with Crippen LogP contribution in [0.5, 0.6) is 0 Å². The molecular weight excluding hydrogens is 470 g/mol. The van der Waals surface area contributed by atoms with Crippen LogP contribution in [0, 0.1) is 5.92 Å². The number of fused-ring (bicyclic) bond motifs is 1. The van der Waals surface area contributed by atoms with E-state index in [1.165, 1.54) is 15.4 Å². The fourth-order valence-electron chi connectivity index (χ4n) is 4.79. The Morgan fingerprint density at radius 3 is 2.81 bits per heavy atom. The number of hydrogen-bond donors (Lipinski definition) is 3. The van der Waals surface area contributed by atoms with Crippen molar-refractivity contribution in [2.24, 2.45) is 5.92 Å². The Labute approximate surface area is 198 Å². The topological polar surface area (TPSA) is 110 Å². The predicted molar refractivity (Wildman–Crippen MR) is 126 cm³/mol. The molecule has 4 rings (SSSR count). The predicted octanol–water partition coefficient (Wildman–Crippen LogP) is 2.36. The Balaban J connectivity index is 1.52. The average Bonchev–Trinajstić information content (AvgIpc) is 3.22. The molecule has 1 aromatic rings. The molecule has 0 bridgehead atoms. The van der Waals surface area contributed by atoms with Crippen molar-refractivity contribution in [3.63, 3.8) is 0 Å². The molecule has 5 atom stereocenters. The van der Waals surface area contributed by atoms with Crippen LogP contribution in [0.25, 0.3) is 0 Å². The van der Waals surface area contributed by atoms with Crippen LogP contribution in [-0.4, -0.2) is 72.2 Å². The van der Waals surface area contributed by atoms with Crippen molar-refractivity contribution >= 4 is 46.7 Å². The van der Waals surface area contributed by atoms with E-state index in [0.717, 1.165) is 17.9 Å². The number of amides is 1. The van der Waals surface area contributed by atoms with E-state index >= 15 is 0 Å². The van der Waals surface area contributed by atoms with Gasteiger partial charge in [0.15, 0.2) is 0 Å². The molecule has 0 saturated carbocycles. The van der Waals surface area contributed by atoms with Gasteiger partial charge in [-0.1, -0.05) is 19.1 Å². The van der Waals surface area contributed by atoms with Crippen LogP contribution in [0.1, 0.15) is 25.3 Å². The Bertz CT molecular complexity index is 972. The summed E-state index contributed by atoms with van der Waals surface area (Å²) in [6.07, 6.45) is 3.20. The van der Waals surface area contributed by atoms with Gasteiger partial charge in [-0.3, -0.25) is 14.2 Å². The molecule has 8 nitrogen and oxygen atoms in total. The number of thioether (sulfide) groups is 2. The van der Waals surface area contributed by atoms with E-state index < -0.39 is 17.2 Å². The van der Waals surface area contributed by atoms with Crippen LogP contribution in [0.15, 0.2) is 39.8 Å². The Hall–Kier alpha value is -1.37. The van der Waals surface area contributed by atoms with Crippen LogP contribution >= 0.6 is 23.5 Å². The van der Waals surface area contributed by atoms with E-state index in [4.69, 9.17) is 0 Å². The summed E-state index contributed by atoms with van der Waals surface area (Å²) in [6, 6.07) is 8.33. The number of rotatable bonds is 9. The Morgan fingerprint density at radius 1 is 1.38 bits per heavy atom. The largest absolute Gasteiger partial charge is 0.477 e. The third-order valence-electron chi connectivity index (χ3n) is 6.40. The zero-order valence-corrected chi connectivity index (χ0v) is 20.3. The summed E-state index contributed by atoms with van der Waals surface area (Å²) in [6.45, 7) is 3.82. The van der Waals surface area contributed by atoms with Gasteiger partial charge in [-0.2, -0.15) is 0 Å². The van der Waals surface area contributed by atoms with Crippen LogP contribution < -0.4 is 4.72 Å². The molecule has 0 radical (unpaired) electrons. The fraction of sp³-hybridized carbons (Fsp3) is 0.524. The third-order valence-corrected chi connectivity index (χ3v) is 9.03. The maximum absolute atomic E-state index is 12.0. The molecule has 1 aromatic carbocycles. The van der Waals surface area contributed by atoms with Crippen molar-refractivity contribution in [2.75, 3.05) is 19.3 Å². The van der Waals surface area contributed by atoms with Gasteiger partial charge >= 0.3 is 5.97 Å². The lowest BCUT2D eigenvalue weighted by molar-refractivity contribution is -0.148. The standard InChI is InChI=1S/C21H27N3O5S3/c1-12-17-8-18(25)24(17)19(21(26)27)20(12)31-16-7-14(9-22-32(28)29)23(11-16)10-13-4-3-5-15(6-13)30-2/h3-6,12,14,16-17,22H,7-11H2,1-2H3,(H,26,27)(H,28,29). The van der Waals surface area contributed by atoms with E-state index in [9.17, 15) is 23.5 Å². The molecule has 3 heterocycles. The zero-order chi connectivity index (χ0) is 23.0. The molecule has 32 heavy (non-hydrogen) atoms. The minimum absolute atomic E-state index is 0.0117. The first-order valence-corrected chi connectivity index (χ1v) is 13.7. The number of aliphatic carboxylic acids is 1. The van der Waals surface area contributed by atoms with Crippen LogP contribution in [0.3, 0.4) is 0 Å². The van der Waals surface area contributed by atoms with Gasteiger partial charge < -0.3 is 10.0 Å². The molecule has 0 aromatic heterocycles. The second-order valence-corrected chi connectivity index (χ2v) is 11.4. The summed E-state index contributed by atoms with van der Waals surface area (Å²) < 4.78 is 23.0. The second kappa shape index (κ2) is 9.86. The highest BCUT2D eigenvalue weighted by molar-refractivity contribution is 8.03. The van der Waals surface area contributed by atoms with Gasteiger partial charge in [-0.05, 0) is 30.4 Å². The molecule has 2 fully saturated rings. The highest BCUT2D eigenvalue weighted by Crippen LogP contribution is 2.49. The summed E-state index contributed by atoms with van der Waals surface area (Å²) in [7, 11) is 0. The van der Waals surface area contributed by atoms with Crippen LogP contribution in [-0.2, 0) is 27.4 Å². The molecule has 11 heteroatoms. The molecule has 0 aliphatic carbocycles. The van der Waals surface area contributed by atoms with Crippen LogP contribution in [0.2, 0.25) is 0 Å². The minimum atomic E-state index is -2.08. The number of carbonyl (C=O) groups excluding carboxylic acids is 1. The summed E-state index contributed by atoms with van der Waals surface area (Å²) in [5.41, 5.74) is 1.31. The first-order valence-electron chi connectivity index (χ1n) is 10.5. The number of carboxylic acids is 1. The highest BCUT2D eigenvalue weighted by atomic mass is 32.2. The molecule has 5 unspecified atom stereocenters. The molecular formula is C21H27N3O5S3. The number of nitrogens with one attached hydrogen (secondary N) is 1. The molecule has 3 aliphatic rings. The second-order valence-electron chi connectivity index (χ2n) is 8.35. The minimum Gasteiger partial charge on any atom is -0.477 e. The quantitative estimate of drug-likeness (QED) is 0.271. The van der Waals surface area contributed by atoms with Crippen LogP contribution in [0.4, 0.5) is 0 Å². The number of likely N-dealkylation sites (tertiary alicyclic amines) is 1. The van der Waals surface area contributed by atoms with Gasteiger partial charge in [0.2, 0.25) is 17.2 Å². The Kier molecular flexibility index (Phi) is 7.33. The lowest BCUT2D eigenvalue weighted by Gasteiger charge is -2.37. The highest BCUT2D eigenvalue weighted by Gasteiger charge is 2.52. The maximum Gasteiger partial charge on any atom is 0.353 e. The van der Waals surface area contributed by atoms with E-state index in [0.29, 0.717) is 19.5 Å². The maximum atomic E-state index is 12.0. The number of hydrogen-bond acceptors (Lipinski definition) is 6. The van der Waals surface area contributed by atoms with Gasteiger partial charge in [-0.15, -0.1) is 23.5 Å². The number of carbonyl (C=O) groups is 2. The summed E-state index contributed by atoms with van der Waals surface area (Å²) in [5.74, 6) is -1.16. The lowest BCUT2D eigenvalue weighted by Crippen LogP contribution is -2.51. The first-order chi connectivity index (χ1) is 15.3. The van der Waals surface area contributed by atoms with Crippen molar-refractivity contribution < 1.29 is 23.5 Å². The van der Waals surface area contributed by atoms with Crippen molar-refractivity contribution in [1.29, 1.82) is 0 Å². The zero-order valence-electron chi connectivity index (χ0n) is 17.9. The van der Waals surface area contributed by atoms with Crippen molar-refractivity contribution in [2.45, 2.75) is 48.5 Å². The normalized spacial score (nSPS) is 28.7. The van der Waals surface area contributed by atoms with Crippen molar-refractivity contribution in [3.05, 3.63) is 40.4 Å². The summed E-state index contributed by atoms with van der Waals surface area (Å²) >= 11 is 1.16. The summed E-state index contributed by atoms with van der Waals surface area (Å²) in [5, 5.41) is 9.90. The molecule has 2 saturated heterocycles. The lowest BCUT2D eigenvalue weighted by atomic mass is 9.94. The first kappa shape index (κ1) is 23.8. The summed E-state index contributed by atoms with van der Waals surface area (Å²) in [4.78, 5) is 29.6. The van der Waals surface area contributed by atoms with Gasteiger partial charge in [-0.25, -0.2) is 13.7 Å². The molecule has 174 valence electrons. The van der Waals surface area contributed by atoms with Gasteiger partial charge in [0.25, 0.3) is 0 Å². The fourth-order valence-corrected chi connectivity index (χ4v) is 7.23. The van der Waals surface area contributed by atoms with Gasteiger partial charge in [0, 0.05) is 53.1 Å². The van der Waals surface area contributed by atoms with E-state index in [1.807, 2.05) is 19.2 Å². The third kappa shape index (κ3) is 4.78. The SMILES string of the molecule is CSc1cccc(CN2CC(SC3=C(C(=O)O)N4C(=O)CC4C3C)CC2CNS(=O)O)c1. The monoisotopic (exact) mass is 497 g/mol. The molecule has 3 aliphatic heterocycles. The number of benzene rings is 1. The molecule has 0 spiro atoms. The van der Waals surface area contributed by atoms with E-state index in [2.05, 4.69) is 27.8 Å². The van der Waals surface area contributed by atoms with Crippen molar-refractivity contribution in [1.82, 2.24) is 14.5 Å². The van der Waals surface area contributed by atoms with Crippen molar-refractivity contribution in [3.8, 4) is 0 Å². The Morgan fingerprint density at radius 2 is 2.16 bits per heavy atom. The van der Waals surface area contributed by atoms with E-state index in [1.54, 1.807) is 23.5 Å². The van der Waals surface area contributed by atoms with Gasteiger partial charge in [0.1, 0.15) is 5.70 Å². The molecule has 1 amide bonds. The number of carboxylic acid groups (broad SMARTS) is 1. The number of β-lactam (4-membered cyclic amide) rings is 1.